The number of hydrogen-bond donors (Lipinski definition) is 1. The molecule has 2 aliphatic rings. The van der Waals surface area contributed by atoms with Gasteiger partial charge in [-0.05, 0) is 49.9 Å². The molecular formula is C33H39N3O6S. The number of anilines is 1. The smallest absolute Gasteiger partial charge is 0.244 e. The molecule has 1 atom stereocenters. The second kappa shape index (κ2) is 13.5. The summed E-state index contributed by atoms with van der Waals surface area (Å²) in [6.45, 7) is 3.23. The molecule has 2 amide bonds. The van der Waals surface area contributed by atoms with Gasteiger partial charge < -0.3 is 19.7 Å². The molecule has 228 valence electrons. The van der Waals surface area contributed by atoms with Crippen LogP contribution < -0.4 is 19.1 Å². The first kappa shape index (κ1) is 30.4. The van der Waals surface area contributed by atoms with Crippen LogP contribution in [0.2, 0.25) is 0 Å². The summed E-state index contributed by atoms with van der Waals surface area (Å²) >= 11 is 0. The molecule has 5 rings (SSSR count). The average molecular weight is 606 g/mol. The lowest BCUT2D eigenvalue weighted by Gasteiger charge is -2.34. The van der Waals surface area contributed by atoms with Gasteiger partial charge in [0.1, 0.15) is 12.6 Å². The third-order valence-electron chi connectivity index (χ3n) is 8.03. The van der Waals surface area contributed by atoms with E-state index in [1.165, 1.54) is 11.8 Å². The fourth-order valence-electron chi connectivity index (χ4n) is 5.69. The Morgan fingerprint density at radius 2 is 1.65 bits per heavy atom. The molecule has 9 nitrogen and oxygen atoms in total. The largest absolute Gasteiger partial charge is 0.454 e. The maximum absolute atomic E-state index is 14.4. The predicted octanol–water partition coefficient (Wildman–Crippen LogP) is 4.58. The van der Waals surface area contributed by atoms with E-state index in [9.17, 15) is 18.0 Å². The van der Waals surface area contributed by atoms with Crippen molar-refractivity contribution < 1.29 is 27.5 Å². The minimum Gasteiger partial charge on any atom is -0.454 e. The highest BCUT2D eigenvalue weighted by Gasteiger charge is 2.35. The zero-order valence-electron chi connectivity index (χ0n) is 24.7. The van der Waals surface area contributed by atoms with Crippen LogP contribution in [0.1, 0.15) is 49.3 Å². The van der Waals surface area contributed by atoms with Crippen LogP contribution in [-0.4, -0.2) is 56.3 Å². The molecule has 10 heteroatoms. The van der Waals surface area contributed by atoms with Gasteiger partial charge in [0, 0.05) is 25.1 Å². The van der Waals surface area contributed by atoms with E-state index in [0.29, 0.717) is 23.6 Å². The summed E-state index contributed by atoms with van der Waals surface area (Å²) in [6.07, 6.45) is 4.21. The van der Waals surface area contributed by atoms with Crippen LogP contribution in [0, 0.1) is 6.92 Å². The Kier molecular flexibility index (Phi) is 9.55. The van der Waals surface area contributed by atoms with Crippen molar-refractivity contribution in [1.82, 2.24) is 10.2 Å². The van der Waals surface area contributed by atoms with Gasteiger partial charge in [-0.2, -0.15) is 0 Å². The highest BCUT2D eigenvalue weighted by atomic mass is 32.2. The summed E-state index contributed by atoms with van der Waals surface area (Å²) in [7, 11) is -3.87. The van der Waals surface area contributed by atoms with Gasteiger partial charge in [-0.3, -0.25) is 13.9 Å². The standard InChI is InChI=1S/C33H39N3O6S/c1-3-43(39,40)36(28-16-17-30-31(20-28)42-23-41-30)22-32(37)35(21-26-13-9-10-24(2)18-26)29(19-25-11-5-4-6-12-25)33(38)34-27-14-7-8-15-27/h4-6,9-13,16-18,20,27,29H,3,7-8,14-15,19,21-23H2,1-2H3,(H,34,38)/t29-/m0/s1. The van der Waals surface area contributed by atoms with Crippen LogP contribution in [0.3, 0.4) is 0 Å². The summed E-state index contributed by atoms with van der Waals surface area (Å²) in [5.41, 5.74) is 3.08. The van der Waals surface area contributed by atoms with E-state index in [2.05, 4.69) is 5.32 Å². The molecule has 0 aromatic heterocycles. The number of fused-ring (bicyclic) bond motifs is 1. The zero-order valence-corrected chi connectivity index (χ0v) is 25.5. The molecule has 0 unspecified atom stereocenters. The first-order chi connectivity index (χ1) is 20.7. The van der Waals surface area contributed by atoms with Gasteiger partial charge in [-0.15, -0.1) is 0 Å². The topological polar surface area (TPSA) is 105 Å². The maximum Gasteiger partial charge on any atom is 0.244 e. The molecule has 0 spiro atoms. The van der Waals surface area contributed by atoms with Crippen molar-refractivity contribution in [3.8, 4) is 11.5 Å². The monoisotopic (exact) mass is 605 g/mol. The Morgan fingerprint density at radius 1 is 0.930 bits per heavy atom. The molecule has 0 radical (unpaired) electrons. The van der Waals surface area contributed by atoms with Gasteiger partial charge in [0.05, 0.1) is 11.4 Å². The number of nitrogens with one attached hydrogen (secondary N) is 1. The van der Waals surface area contributed by atoms with Crippen LogP contribution in [0.15, 0.2) is 72.8 Å². The Hall–Kier alpha value is -4.05. The van der Waals surface area contributed by atoms with Gasteiger partial charge >= 0.3 is 0 Å². The molecule has 0 bridgehead atoms. The molecule has 1 fully saturated rings. The van der Waals surface area contributed by atoms with Gasteiger partial charge in [0.2, 0.25) is 28.6 Å². The predicted molar refractivity (Wildman–Crippen MR) is 165 cm³/mol. The molecular weight excluding hydrogens is 566 g/mol. The molecule has 1 aliphatic heterocycles. The lowest BCUT2D eigenvalue weighted by atomic mass is 10.0. The molecule has 3 aromatic carbocycles. The molecule has 1 heterocycles. The third kappa shape index (κ3) is 7.48. The number of carbonyl (C=O) groups is 2. The van der Waals surface area contributed by atoms with Crippen LogP contribution >= 0.6 is 0 Å². The normalized spacial score (nSPS) is 15.2. The minimum atomic E-state index is -3.87. The summed E-state index contributed by atoms with van der Waals surface area (Å²) in [4.78, 5) is 29.9. The molecule has 1 aliphatic carbocycles. The fourth-order valence-corrected chi connectivity index (χ4v) is 6.74. The Balaban J connectivity index is 1.52. The van der Waals surface area contributed by atoms with E-state index in [1.54, 1.807) is 18.2 Å². The number of carbonyl (C=O) groups excluding carboxylic acids is 2. The van der Waals surface area contributed by atoms with E-state index in [-0.39, 0.29) is 31.0 Å². The molecule has 1 saturated carbocycles. The van der Waals surface area contributed by atoms with E-state index in [4.69, 9.17) is 9.47 Å². The number of aryl methyl sites for hydroxylation is 1. The molecule has 43 heavy (non-hydrogen) atoms. The van der Waals surface area contributed by atoms with Crippen molar-refractivity contribution in [3.05, 3.63) is 89.5 Å². The van der Waals surface area contributed by atoms with Crippen molar-refractivity contribution in [3.63, 3.8) is 0 Å². The number of sulfonamides is 1. The lowest BCUT2D eigenvalue weighted by Crippen LogP contribution is -2.54. The van der Waals surface area contributed by atoms with E-state index in [0.717, 1.165) is 46.7 Å². The fraction of sp³-hybridized carbons (Fsp3) is 0.394. The highest BCUT2D eigenvalue weighted by molar-refractivity contribution is 7.92. The van der Waals surface area contributed by atoms with Gasteiger partial charge in [-0.25, -0.2) is 8.42 Å². The first-order valence-electron chi connectivity index (χ1n) is 14.8. The van der Waals surface area contributed by atoms with Crippen LogP contribution in [0.4, 0.5) is 5.69 Å². The summed E-state index contributed by atoms with van der Waals surface area (Å²) in [6, 6.07) is 21.4. The molecule has 3 aromatic rings. The maximum atomic E-state index is 14.4. The Labute approximate surface area is 253 Å². The zero-order chi connectivity index (χ0) is 30.4. The Bertz CT molecular complexity index is 1540. The number of rotatable bonds is 12. The summed E-state index contributed by atoms with van der Waals surface area (Å²) in [5, 5.41) is 3.19. The summed E-state index contributed by atoms with van der Waals surface area (Å²) < 4.78 is 38.8. The van der Waals surface area contributed by atoms with E-state index in [1.807, 2.05) is 61.5 Å². The van der Waals surface area contributed by atoms with Crippen molar-refractivity contribution >= 4 is 27.5 Å². The van der Waals surface area contributed by atoms with E-state index < -0.39 is 28.5 Å². The molecule has 0 saturated heterocycles. The Morgan fingerprint density at radius 3 is 2.37 bits per heavy atom. The first-order valence-corrected chi connectivity index (χ1v) is 16.4. The SMILES string of the molecule is CCS(=O)(=O)N(CC(=O)N(Cc1cccc(C)c1)[C@@H](Cc1ccccc1)C(=O)NC1CCCC1)c1ccc2c(c1)OCO2. The highest BCUT2D eigenvalue weighted by Crippen LogP contribution is 2.36. The van der Waals surface area contributed by atoms with Crippen molar-refractivity contribution in [2.75, 3.05) is 23.4 Å². The third-order valence-corrected chi connectivity index (χ3v) is 9.77. The minimum absolute atomic E-state index is 0.0415. The quantitative estimate of drug-likeness (QED) is 0.324. The number of nitrogens with zero attached hydrogens (tertiary/aromatic N) is 2. The number of hydrogen-bond acceptors (Lipinski definition) is 6. The number of amides is 2. The van der Waals surface area contributed by atoms with Crippen LogP contribution in [-0.2, 0) is 32.6 Å². The lowest BCUT2D eigenvalue weighted by molar-refractivity contribution is -0.140. The molecule has 1 N–H and O–H groups in total. The van der Waals surface area contributed by atoms with Gasteiger partial charge in [0.25, 0.3) is 0 Å². The van der Waals surface area contributed by atoms with Crippen molar-refractivity contribution in [1.29, 1.82) is 0 Å². The van der Waals surface area contributed by atoms with Crippen LogP contribution in [0.25, 0.3) is 0 Å². The van der Waals surface area contributed by atoms with Gasteiger partial charge in [-0.1, -0.05) is 73.0 Å². The second-order valence-corrected chi connectivity index (χ2v) is 13.3. The second-order valence-electron chi connectivity index (χ2n) is 11.2. The van der Waals surface area contributed by atoms with Crippen molar-refractivity contribution in [2.24, 2.45) is 0 Å². The van der Waals surface area contributed by atoms with E-state index >= 15 is 0 Å². The van der Waals surface area contributed by atoms with Crippen LogP contribution in [0.5, 0.6) is 11.5 Å². The number of ether oxygens (including phenoxy) is 2. The average Bonchev–Trinajstić information content (AvgIpc) is 3.70. The summed E-state index contributed by atoms with van der Waals surface area (Å²) in [5.74, 6) is 0.0121. The van der Waals surface area contributed by atoms with Gasteiger partial charge in [0.15, 0.2) is 11.5 Å². The van der Waals surface area contributed by atoms with Crippen molar-refractivity contribution in [2.45, 2.75) is 64.6 Å². The number of benzene rings is 3.